The predicted molar refractivity (Wildman–Crippen MR) is 140 cm³/mol. The number of hydrogen-bond donors (Lipinski definition) is 4. The molecule has 0 spiro atoms. The lowest BCUT2D eigenvalue weighted by molar-refractivity contribution is -0.115. The molecule has 0 radical (unpaired) electrons. The van der Waals surface area contributed by atoms with Crippen LogP contribution in [0.1, 0.15) is 27.7 Å². The Kier molecular flexibility index (Phi) is 9.60. The maximum atomic E-state index is 10.9. The van der Waals surface area contributed by atoms with Crippen LogP contribution in [0.4, 0.5) is 23.3 Å². The van der Waals surface area contributed by atoms with Gasteiger partial charge in [-0.3, -0.25) is 19.2 Å². The minimum absolute atomic E-state index is 0. The molecule has 0 bridgehead atoms. The van der Waals surface area contributed by atoms with Gasteiger partial charge in [0.25, 0.3) is 0 Å². The molecule has 4 amide bonds. The van der Waals surface area contributed by atoms with E-state index in [2.05, 4.69) is 41.2 Å². The van der Waals surface area contributed by atoms with Crippen LogP contribution in [0.25, 0.3) is 22.1 Å². The molecule has 4 heterocycles. The Bertz CT molecular complexity index is 1260. The first-order chi connectivity index (χ1) is 17.1. The van der Waals surface area contributed by atoms with Gasteiger partial charge in [-0.15, -0.1) is 0 Å². The second-order valence-corrected chi connectivity index (χ2v) is 7.60. The van der Waals surface area contributed by atoms with Crippen molar-refractivity contribution in [3.63, 3.8) is 0 Å². The summed E-state index contributed by atoms with van der Waals surface area (Å²) < 4.78 is 0. The molecule has 0 atom stereocenters. The molecule has 0 aliphatic heterocycles. The maximum absolute atomic E-state index is 10.9. The van der Waals surface area contributed by atoms with Gasteiger partial charge in [0.05, 0.1) is 0 Å². The van der Waals surface area contributed by atoms with Crippen LogP contribution in [-0.4, -0.2) is 49.0 Å². The van der Waals surface area contributed by atoms with Crippen molar-refractivity contribution in [1.82, 2.24) is 19.9 Å². The average molecular weight is 507 g/mol. The van der Waals surface area contributed by atoms with Crippen LogP contribution >= 0.6 is 0 Å². The Morgan fingerprint density at radius 2 is 0.676 bits per heavy atom. The van der Waals surface area contributed by atoms with Gasteiger partial charge >= 0.3 is 0 Å². The van der Waals surface area contributed by atoms with Crippen LogP contribution in [0, 0.1) is 0 Å². The second kappa shape index (κ2) is 12.6. The van der Waals surface area contributed by atoms with Crippen LogP contribution in [0.5, 0.6) is 0 Å². The van der Waals surface area contributed by atoms with Crippen molar-refractivity contribution in [3.05, 3.63) is 48.5 Å². The van der Waals surface area contributed by atoms with Crippen LogP contribution < -0.4 is 21.3 Å². The summed E-state index contributed by atoms with van der Waals surface area (Å²) >= 11 is 0. The lowest BCUT2D eigenvalue weighted by atomic mass is 10.3. The number of carbonyl (C=O) groups excluding carboxylic acids is 4. The number of carbonyl (C=O) groups is 4. The van der Waals surface area contributed by atoms with E-state index in [0.717, 1.165) is 10.8 Å². The highest BCUT2D eigenvalue weighted by molar-refractivity contribution is 5.92. The molecule has 0 saturated heterocycles. The summed E-state index contributed by atoms with van der Waals surface area (Å²) in [6.07, 6.45) is 0. The van der Waals surface area contributed by atoms with E-state index in [0.29, 0.717) is 34.6 Å². The van der Waals surface area contributed by atoms with Crippen molar-refractivity contribution >= 4 is 69.0 Å². The van der Waals surface area contributed by atoms with Crippen molar-refractivity contribution in [2.75, 3.05) is 21.3 Å². The Morgan fingerprint density at radius 3 is 0.865 bits per heavy atom. The molecule has 0 aliphatic rings. The molecular formula is C24H26N8O5. The smallest absolute Gasteiger partial charge is 0.222 e. The molecule has 4 aromatic rings. The maximum Gasteiger partial charge on any atom is 0.222 e. The van der Waals surface area contributed by atoms with Crippen LogP contribution in [0.2, 0.25) is 0 Å². The molecule has 192 valence electrons. The second-order valence-electron chi connectivity index (χ2n) is 7.60. The molecule has 13 nitrogen and oxygen atoms in total. The van der Waals surface area contributed by atoms with E-state index in [9.17, 15) is 19.2 Å². The average Bonchev–Trinajstić information content (AvgIpc) is 2.77. The summed E-state index contributed by atoms with van der Waals surface area (Å²) in [5, 5.41) is 12.0. The lowest BCUT2D eigenvalue weighted by Gasteiger charge is -2.05. The molecule has 0 aliphatic carbocycles. The third kappa shape index (κ3) is 8.60. The summed E-state index contributed by atoms with van der Waals surface area (Å²) in [6, 6.07) is 14.0. The van der Waals surface area contributed by atoms with E-state index in [4.69, 9.17) is 0 Å². The fraction of sp³-hybridized carbons (Fsp3) is 0.167. The fourth-order valence-corrected chi connectivity index (χ4v) is 3.00. The number of rotatable bonds is 4. The standard InChI is InChI=1S/2C12H12N4O2.H2O/c2*1-7(17)13-10-5-3-9-4-6-11(14-8(2)18)16-12(9)15-10;/h2*3-6H,1-2H3,(H2,13,14,15,16,17,18);1H2. The van der Waals surface area contributed by atoms with Gasteiger partial charge < -0.3 is 26.7 Å². The van der Waals surface area contributed by atoms with Gasteiger partial charge in [-0.25, -0.2) is 19.9 Å². The molecule has 0 fully saturated rings. The molecule has 37 heavy (non-hydrogen) atoms. The van der Waals surface area contributed by atoms with Gasteiger partial charge in [0.2, 0.25) is 23.6 Å². The number of aromatic nitrogens is 4. The Labute approximate surface area is 211 Å². The first-order valence-corrected chi connectivity index (χ1v) is 10.7. The highest BCUT2D eigenvalue weighted by Crippen LogP contribution is 2.17. The van der Waals surface area contributed by atoms with Crippen LogP contribution in [0.3, 0.4) is 0 Å². The molecule has 0 saturated carbocycles. The third-order valence-electron chi connectivity index (χ3n) is 4.32. The zero-order chi connectivity index (χ0) is 26.2. The normalized spacial score (nSPS) is 9.84. The molecule has 6 N–H and O–H groups in total. The Hall–Kier alpha value is -5.04. The largest absolute Gasteiger partial charge is 0.412 e. The van der Waals surface area contributed by atoms with E-state index in [-0.39, 0.29) is 29.1 Å². The van der Waals surface area contributed by atoms with Crippen molar-refractivity contribution in [2.45, 2.75) is 27.7 Å². The SMILES string of the molecule is CC(=O)Nc1ccc2ccc(NC(C)=O)nc2n1.CC(=O)Nc1ccc2ccc(NC(C)=O)nc2n1.O. The first-order valence-electron chi connectivity index (χ1n) is 10.7. The topological polar surface area (TPSA) is 199 Å². The summed E-state index contributed by atoms with van der Waals surface area (Å²) in [5.41, 5.74) is 0.931. The molecule has 0 aromatic carbocycles. The highest BCUT2D eigenvalue weighted by Gasteiger charge is 2.05. The van der Waals surface area contributed by atoms with Crippen molar-refractivity contribution in [1.29, 1.82) is 0 Å². The monoisotopic (exact) mass is 506 g/mol. The Balaban J connectivity index is 0.000000253. The number of anilines is 4. The molecule has 0 unspecified atom stereocenters. The fourth-order valence-electron chi connectivity index (χ4n) is 3.00. The lowest BCUT2D eigenvalue weighted by Crippen LogP contribution is -2.09. The molecule has 4 aromatic heterocycles. The first kappa shape index (κ1) is 28.2. The highest BCUT2D eigenvalue weighted by atomic mass is 16.2. The van der Waals surface area contributed by atoms with E-state index >= 15 is 0 Å². The number of nitrogens with one attached hydrogen (secondary N) is 4. The Morgan fingerprint density at radius 1 is 0.459 bits per heavy atom. The van der Waals surface area contributed by atoms with Gasteiger partial charge in [-0.1, -0.05) is 0 Å². The zero-order valence-electron chi connectivity index (χ0n) is 20.5. The molecule has 4 rings (SSSR count). The van der Waals surface area contributed by atoms with Gasteiger partial charge in [0, 0.05) is 38.5 Å². The number of amides is 4. The summed E-state index contributed by atoms with van der Waals surface area (Å²) in [7, 11) is 0. The van der Waals surface area contributed by atoms with E-state index in [1.165, 1.54) is 27.7 Å². The molecular weight excluding hydrogens is 480 g/mol. The van der Waals surface area contributed by atoms with Gasteiger partial charge in [0.1, 0.15) is 23.3 Å². The van der Waals surface area contributed by atoms with E-state index in [1.54, 1.807) is 48.5 Å². The number of fused-ring (bicyclic) bond motifs is 2. The van der Waals surface area contributed by atoms with E-state index in [1.807, 2.05) is 0 Å². The van der Waals surface area contributed by atoms with Crippen molar-refractivity contribution in [3.8, 4) is 0 Å². The molecule has 13 heteroatoms. The predicted octanol–water partition coefficient (Wildman–Crippen LogP) is 2.27. The minimum atomic E-state index is -0.195. The van der Waals surface area contributed by atoms with Crippen LogP contribution in [0.15, 0.2) is 48.5 Å². The summed E-state index contributed by atoms with van der Waals surface area (Å²) in [6.45, 7) is 5.64. The summed E-state index contributed by atoms with van der Waals surface area (Å²) in [5.74, 6) is 0.953. The number of nitrogens with zero attached hydrogens (tertiary/aromatic N) is 4. The number of hydrogen-bond acceptors (Lipinski definition) is 8. The van der Waals surface area contributed by atoms with E-state index < -0.39 is 0 Å². The van der Waals surface area contributed by atoms with Crippen LogP contribution in [-0.2, 0) is 19.2 Å². The van der Waals surface area contributed by atoms with Gasteiger partial charge in [-0.2, -0.15) is 0 Å². The zero-order valence-corrected chi connectivity index (χ0v) is 20.5. The minimum Gasteiger partial charge on any atom is -0.412 e. The summed E-state index contributed by atoms with van der Waals surface area (Å²) in [4.78, 5) is 60.5. The number of pyridine rings is 4. The van der Waals surface area contributed by atoms with Gasteiger partial charge in [-0.05, 0) is 48.5 Å². The van der Waals surface area contributed by atoms with Crippen molar-refractivity contribution < 1.29 is 24.7 Å². The quantitative estimate of drug-likeness (QED) is 0.323. The third-order valence-corrected chi connectivity index (χ3v) is 4.32. The van der Waals surface area contributed by atoms with Gasteiger partial charge in [0.15, 0.2) is 11.3 Å². The van der Waals surface area contributed by atoms with Crippen molar-refractivity contribution in [2.24, 2.45) is 0 Å².